The van der Waals surface area contributed by atoms with Crippen molar-refractivity contribution in [3.8, 4) is 0 Å². The minimum absolute atomic E-state index is 0.237. The standard InChI is InChI=1S/C12H26N2O/c1-12(2,9-13)10-14(3)6-4-11-5-7-15-8-11/h11H,4-10,13H2,1-3H3. The highest BCUT2D eigenvalue weighted by atomic mass is 16.5. The molecule has 1 atom stereocenters. The van der Waals surface area contributed by atoms with Crippen LogP contribution in [0, 0.1) is 11.3 Å². The Hall–Kier alpha value is -0.120. The van der Waals surface area contributed by atoms with Crippen LogP contribution in [0.15, 0.2) is 0 Å². The topological polar surface area (TPSA) is 38.5 Å². The lowest BCUT2D eigenvalue weighted by Gasteiger charge is -2.29. The number of ether oxygens (including phenoxy) is 1. The summed E-state index contributed by atoms with van der Waals surface area (Å²) in [5.41, 5.74) is 5.96. The molecule has 1 aliphatic heterocycles. The third kappa shape index (κ3) is 4.96. The molecule has 1 unspecified atom stereocenters. The second kappa shape index (κ2) is 5.83. The summed E-state index contributed by atoms with van der Waals surface area (Å²) in [6.45, 7) is 9.37. The number of nitrogens with zero attached hydrogens (tertiary/aromatic N) is 1. The first-order valence-corrected chi connectivity index (χ1v) is 6.00. The summed E-state index contributed by atoms with van der Waals surface area (Å²) >= 11 is 0. The smallest absolute Gasteiger partial charge is 0.0495 e. The molecule has 0 aromatic rings. The fourth-order valence-corrected chi connectivity index (χ4v) is 2.09. The van der Waals surface area contributed by atoms with Gasteiger partial charge in [-0.1, -0.05) is 13.8 Å². The lowest BCUT2D eigenvalue weighted by molar-refractivity contribution is 0.173. The molecule has 3 nitrogen and oxygen atoms in total. The average Bonchev–Trinajstić information content (AvgIpc) is 2.66. The molecule has 0 bridgehead atoms. The van der Waals surface area contributed by atoms with Crippen LogP contribution in [-0.2, 0) is 4.74 Å². The van der Waals surface area contributed by atoms with Gasteiger partial charge in [0, 0.05) is 19.8 Å². The van der Waals surface area contributed by atoms with E-state index in [1.807, 2.05) is 0 Å². The van der Waals surface area contributed by atoms with Gasteiger partial charge in [0.1, 0.15) is 0 Å². The maximum atomic E-state index is 5.73. The molecular weight excluding hydrogens is 188 g/mol. The molecule has 0 amide bonds. The van der Waals surface area contributed by atoms with Crippen molar-refractivity contribution >= 4 is 0 Å². The lowest BCUT2D eigenvalue weighted by Crippen LogP contribution is -2.37. The Balaban J connectivity index is 2.15. The molecule has 90 valence electrons. The van der Waals surface area contributed by atoms with E-state index in [-0.39, 0.29) is 5.41 Å². The van der Waals surface area contributed by atoms with Gasteiger partial charge in [-0.3, -0.25) is 0 Å². The summed E-state index contributed by atoms with van der Waals surface area (Å²) in [6.07, 6.45) is 2.51. The van der Waals surface area contributed by atoms with Crippen molar-refractivity contribution in [3.63, 3.8) is 0 Å². The molecule has 1 fully saturated rings. The Morgan fingerprint density at radius 3 is 2.73 bits per heavy atom. The zero-order chi connectivity index (χ0) is 11.3. The molecule has 0 aliphatic carbocycles. The second-order valence-electron chi connectivity index (χ2n) is 5.62. The van der Waals surface area contributed by atoms with Gasteiger partial charge in [-0.15, -0.1) is 0 Å². The van der Waals surface area contributed by atoms with E-state index in [0.29, 0.717) is 0 Å². The number of hydrogen-bond acceptors (Lipinski definition) is 3. The molecule has 3 heteroatoms. The Labute approximate surface area is 94.0 Å². The van der Waals surface area contributed by atoms with E-state index in [4.69, 9.17) is 10.5 Å². The normalized spacial score (nSPS) is 22.6. The second-order valence-corrected chi connectivity index (χ2v) is 5.62. The highest BCUT2D eigenvalue weighted by Crippen LogP contribution is 2.18. The third-order valence-electron chi connectivity index (χ3n) is 3.19. The van der Waals surface area contributed by atoms with E-state index in [1.165, 1.54) is 12.8 Å². The molecule has 1 saturated heterocycles. The average molecular weight is 214 g/mol. The van der Waals surface area contributed by atoms with Gasteiger partial charge in [-0.25, -0.2) is 0 Å². The van der Waals surface area contributed by atoms with Crippen molar-refractivity contribution in [3.05, 3.63) is 0 Å². The van der Waals surface area contributed by atoms with Gasteiger partial charge in [0.05, 0.1) is 0 Å². The van der Waals surface area contributed by atoms with Crippen molar-refractivity contribution in [1.82, 2.24) is 4.90 Å². The van der Waals surface area contributed by atoms with E-state index in [2.05, 4.69) is 25.8 Å². The quantitative estimate of drug-likeness (QED) is 0.725. The van der Waals surface area contributed by atoms with Crippen molar-refractivity contribution in [2.45, 2.75) is 26.7 Å². The maximum Gasteiger partial charge on any atom is 0.0495 e. The molecule has 1 rings (SSSR count). The Morgan fingerprint density at radius 2 is 2.20 bits per heavy atom. The van der Waals surface area contributed by atoms with Gasteiger partial charge in [-0.05, 0) is 44.3 Å². The summed E-state index contributed by atoms with van der Waals surface area (Å²) in [6, 6.07) is 0. The monoisotopic (exact) mass is 214 g/mol. The minimum Gasteiger partial charge on any atom is -0.381 e. The van der Waals surface area contributed by atoms with Crippen LogP contribution in [0.5, 0.6) is 0 Å². The van der Waals surface area contributed by atoms with Crippen molar-refractivity contribution in [2.24, 2.45) is 17.1 Å². The first-order valence-electron chi connectivity index (χ1n) is 6.00. The SMILES string of the molecule is CN(CCC1CCOC1)CC(C)(C)CN. The van der Waals surface area contributed by atoms with Crippen LogP contribution >= 0.6 is 0 Å². The summed E-state index contributed by atoms with van der Waals surface area (Å²) in [4.78, 5) is 2.39. The number of nitrogens with two attached hydrogens (primary N) is 1. The van der Waals surface area contributed by atoms with Crippen LogP contribution in [0.4, 0.5) is 0 Å². The highest BCUT2D eigenvalue weighted by molar-refractivity contribution is 4.74. The molecule has 1 aliphatic rings. The largest absolute Gasteiger partial charge is 0.381 e. The van der Waals surface area contributed by atoms with Gasteiger partial charge in [0.25, 0.3) is 0 Å². The van der Waals surface area contributed by atoms with Crippen LogP contribution in [-0.4, -0.2) is 44.8 Å². The number of hydrogen-bond donors (Lipinski definition) is 1. The Morgan fingerprint density at radius 1 is 1.47 bits per heavy atom. The van der Waals surface area contributed by atoms with Crippen molar-refractivity contribution in [1.29, 1.82) is 0 Å². The first kappa shape index (κ1) is 12.9. The summed E-state index contributed by atoms with van der Waals surface area (Å²) in [5.74, 6) is 0.786. The van der Waals surface area contributed by atoms with Gasteiger partial charge < -0.3 is 15.4 Å². The summed E-state index contributed by atoms with van der Waals surface area (Å²) in [5, 5.41) is 0. The van der Waals surface area contributed by atoms with Crippen LogP contribution in [0.1, 0.15) is 26.7 Å². The molecule has 2 N–H and O–H groups in total. The van der Waals surface area contributed by atoms with Gasteiger partial charge >= 0.3 is 0 Å². The molecule has 0 saturated carbocycles. The number of rotatable bonds is 6. The zero-order valence-electron chi connectivity index (χ0n) is 10.5. The van der Waals surface area contributed by atoms with Gasteiger partial charge in [0.2, 0.25) is 0 Å². The highest BCUT2D eigenvalue weighted by Gasteiger charge is 2.20. The van der Waals surface area contributed by atoms with Crippen molar-refractivity contribution < 1.29 is 4.74 Å². The van der Waals surface area contributed by atoms with E-state index in [1.54, 1.807) is 0 Å². The third-order valence-corrected chi connectivity index (χ3v) is 3.19. The van der Waals surface area contributed by atoms with Crippen LogP contribution < -0.4 is 5.73 Å². The minimum atomic E-state index is 0.237. The molecule has 0 aromatic carbocycles. The molecule has 1 heterocycles. The Kier molecular flexibility index (Phi) is 5.03. The van der Waals surface area contributed by atoms with E-state index in [0.717, 1.165) is 38.8 Å². The molecule has 0 aromatic heterocycles. The van der Waals surface area contributed by atoms with Gasteiger partial charge in [-0.2, -0.15) is 0 Å². The summed E-state index contributed by atoms with van der Waals surface area (Å²) < 4.78 is 5.37. The molecule has 0 radical (unpaired) electrons. The van der Waals surface area contributed by atoms with Crippen LogP contribution in [0.25, 0.3) is 0 Å². The van der Waals surface area contributed by atoms with E-state index >= 15 is 0 Å². The Bertz CT molecular complexity index is 176. The summed E-state index contributed by atoms with van der Waals surface area (Å²) in [7, 11) is 2.19. The fourth-order valence-electron chi connectivity index (χ4n) is 2.09. The molecular formula is C12H26N2O. The van der Waals surface area contributed by atoms with E-state index in [9.17, 15) is 0 Å². The first-order chi connectivity index (χ1) is 7.03. The molecule has 15 heavy (non-hydrogen) atoms. The van der Waals surface area contributed by atoms with Crippen LogP contribution in [0.2, 0.25) is 0 Å². The predicted molar refractivity (Wildman–Crippen MR) is 63.9 cm³/mol. The van der Waals surface area contributed by atoms with Crippen LogP contribution in [0.3, 0.4) is 0 Å². The zero-order valence-corrected chi connectivity index (χ0v) is 10.5. The van der Waals surface area contributed by atoms with Gasteiger partial charge in [0.15, 0.2) is 0 Å². The molecule has 0 spiro atoms. The fraction of sp³-hybridized carbons (Fsp3) is 1.00. The van der Waals surface area contributed by atoms with Crippen molar-refractivity contribution in [2.75, 3.05) is 39.9 Å². The maximum absolute atomic E-state index is 5.73. The predicted octanol–water partition coefficient (Wildman–Crippen LogP) is 1.33. The van der Waals surface area contributed by atoms with E-state index < -0.39 is 0 Å². The lowest BCUT2D eigenvalue weighted by atomic mass is 9.93.